The van der Waals surface area contributed by atoms with Gasteiger partial charge in [-0.1, -0.05) is 22.8 Å². The molecule has 3 N–H and O–H groups in total. The van der Waals surface area contributed by atoms with E-state index in [1.165, 1.54) is 0 Å². The standard InChI is InChI=1S/C15H20BN3O2S/c16-11-3-4-13-12(8-11)10(9-18-13)7-14(19-21)15(20)17-5-1-2-6-22/h3-4,8-9,18,21-22H,1-2,5-7,16H2,(H,17,20)/b19-14+. The van der Waals surface area contributed by atoms with Gasteiger partial charge >= 0.3 is 0 Å². The van der Waals surface area contributed by atoms with Gasteiger partial charge in [0, 0.05) is 30.1 Å². The summed E-state index contributed by atoms with van der Waals surface area (Å²) in [6.45, 7) is 0.561. The number of H-pyrrole nitrogens is 1. The Balaban J connectivity index is 2.06. The summed E-state index contributed by atoms with van der Waals surface area (Å²) in [4.78, 5) is 15.2. The summed E-state index contributed by atoms with van der Waals surface area (Å²) in [5.74, 6) is 0.467. The van der Waals surface area contributed by atoms with Crippen LogP contribution in [0.4, 0.5) is 0 Å². The topological polar surface area (TPSA) is 77.5 Å². The normalized spacial score (nSPS) is 11.8. The molecule has 0 aliphatic heterocycles. The van der Waals surface area contributed by atoms with Crippen molar-refractivity contribution in [2.45, 2.75) is 19.3 Å². The fraction of sp³-hybridized carbons (Fsp3) is 0.333. The van der Waals surface area contributed by atoms with Crippen molar-refractivity contribution in [2.75, 3.05) is 12.3 Å². The molecule has 0 saturated heterocycles. The Morgan fingerprint density at radius 3 is 2.95 bits per heavy atom. The molecule has 0 aliphatic carbocycles. The van der Waals surface area contributed by atoms with Crippen LogP contribution < -0.4 is 10.8 Å². The number of nitrogens with zero attached hydrogens (tertiary/aromatic N) is 1. The van der Waals surface area contributed by atoms with Crippen LogP contribution in [0.1, 0.15) is 18.4 Å². The number of benzene rings is 1. The lowest BCUT2D eigenvalue weighted by Crippen LogP contribution is -2.33. The van der Waals surface area contributed by atoms with Crippen molar-refractivity contribution in [3.8, 4) is 0 Å². The number of unbranched alkanes of at least 4 members (excludes halogenated alkanes) is 1. The van der Waals surface area contributed by atoms with E-state index < -0.39 is 0 Å². The molecule has 5 nitrogen and oxygen atoms in total. The number of carbonyl (C=O) groups is 1. The van der Waals surface area contributed by atoms with E-state index in [0.717, 1.165) is 40.5 Å². The van der Waals surface area contributed by atoms with E-state index in [0.29, 0.717) is 13.0 Å². The lowest BCUT2D eigenvalue weighted by atomic mass is 9.93. The van der Waals surface area contributed by atoms with E-state index in [2.05, 4.69) is 34.2 Å². The fourth-order valence-electron chi connectivity index (χ4n) is 2.32. The summed E-state index contributed by atoms with van der Waals surface area (Å²) >= 11 is 4.13. The van der Waals surface area contributed by atoms with Gasteiger partial charge in [-0.25, -0.2) is 0 Å². The molecule has 7 heteroatoms. The fourth-order valence-corrected chi connectivity index (χ4v) is 2.54. The Labute approximate surface area is 136 Å². The van der Waals surface area contributed by atoms with Crippen molar-refractivity contribution in [1.82, 2.24) is 10.3 Å². The molecule has 116 valence electrons. The van der Waals surface area contributed by atoms with E-state index in [4.69, 9.17) is 5.21 Å². The van der Waals surface area contributed by atoms with Gasteiger partial charge in [-0.3, -0.25) is 4.79 Å². The zero-order valence-corrected chi connectivity index (χ0v) is 13.5. The molecule has 0 fully saturated rings. The van der Waals surface area contributed by atoms with Crippen LogP contribution in [0.3, 0.4) is 0 Å². The number of carbonyl (C=O) groups excluding carboxylic acids is 1. The van der Waals surface area contributed by atoms with Crippen molar-refractivity contribution in [3.63, 3.8) is 0 Å². The van der Waals surface area contributed by atoms with E-state index >= 15 is 0 Å². The Bertz CT molecular complexity index is 684. The number of rotatable bonds is 7. The van der Waals surface area contributed by atoms with Crippen LogP contribution in [0.5, 0.6) is 0 Å². The molecule has 1 amide bonds. The summed E-state index contributed by atoms with van der Waals surface area (Å²) < 4.78 is 0. The maximum atomic E-state index is 12.0. The van der Waals surface area contributed by atoms with Gasteiger partial charge in [0.25, 0.3) is 5.91 Å². The SMILES string of the molecule is Bc1ccc2[nH]cc(C/C(=N\O)C(=O)NCCCCS)c2c1. The van der Waals surface area contributed by atoms with Crippen LogP contribution in [0, 0.1) is 0 Å². The van der Waals surface area contributed by atoms with Gasteiger partial charge in [-0.15, -0.1) is 0 Å². The number of hydrogen-bond acceptors (Lipinski definition) is 4. The number of nitrogens with one attached hydrogen (secondary N) is 2. The molecule has 0 spiro atoms. The number of aromatic nitrogens is 1. The van der Waals surface area contributed by atoms with Crippen LogP contribution in [-0.4, -0.2) is 42.0 Å². The van der Waals surface area contributed by atoms with Crippen molar-refractivity contribution < 1.29 is 10.0 Å². The first-order chi connectivity index (χ1) is 10.7. The first-order valence-corrected chi connectivity index (χ1v) is 7.95. The first kappa shape index (κ1) is 16.5. The summed E-state index contributed by atoms with van der Waals surface area (Å²) in [5.41, 5.74) is 3.21. The van der Waals surface area contributed by atoms with E-state index in [9.17, 15) is 4.79 Å². The molecule has 1 heterocycles. The van der Waals surface area contributed by atoms with Gasteiger partial charge in [0.05, 0.1) is 0 Å². The molecule has 0 atom stereocenters. The molecule has 0 aliphatic rings. The summed E-state index contributed by atoms with van der Waals surface area (Å²) in [6, 6.07) is 6.08. The third kappa shape index (κ3) is 4.07. The molecule has 0 bridgehead atoms. The molecule has 0 saturated carbocycles. The number of amides is 1. The summed E-state index contributed by atoms with van der Waals surface area (Å²) in [7, 11) is 2.02. The second kappa shape index (κ2) is 7.94. The molecular weight excluding hydrogens is 297 g/mol. The molecule has 0 radical (unpaired) electrons. The number of hydrogen-bond donors (Lipinski definition) is 4. The highest BCUT2D eigenvalue weighted by Crippen LogP contribution is 2.17. The molecular formula is C15H20BN3O2S. The predicted molar refractivity (Wildman–Crippen MR) is 95.5 cm³/mol. The van der Waals surface area contributed by atoms with Crippen molar-refractivity contribution in [2.24, 2.45) is 5.16 Å². The van der Waals surface area contributed by atoms with Gasteiger partial charge in [0.15, 0.2) is 0 Å². The van der Waals surface area contributed by atoms with Crippen LogP contribution in [0.25, 0.3) is 10.9 Å². The van der Waals surface area contributed by atoms with Gasteiger partial charge in [0.1, 0.15) is 13.6 Å². The molecule has 1 aromatic carbocycles. The second-order valence-electron chi connectivity index (χ2n) is 5.27. The van der Waals surface area contributed by atoms with Gasteiger partial charge in [-0.2, -0.15) is 12.6 Å². The van der Waals surface area contributed by atoms with Gasteiger partial charge in [0.2, 0.25) is 0 Å². The number of oxime groups is 1. The Morgan fingerprint density at radius 1 is 1.41 bits per heavy atom. The van der Waals surface area contributed by atoms with E-state index in [1.807, 2.05) is 26.2 Å². The Kier molecular flexibility index (Phi) is 5.95. The number of aromatic amines is 1. The summed E-state index contributed by atoms with van der Waals surface area (Å²) in [6.07, 6.45) is 3.94. The van der Waals surface area contributed by atoms with E-state index in [-0.39, 0.29) is 11.6 Å². The van der Waals surface area contributed by atoms with E-state index in [1.54, 1.807) is 0 Å². The highest BCUT2D eigenvalue weighted by molar-refractivity contribution is 7.80. The van der Waals surface area contributed by atoms with Crippen molar-refractivity contribution >= 4 is 48.5 Å². The minimum Gasteiger partial charge on any atom is -0.410 e. The maximum absolute atomic E-state index is 12.0. The smallest absolute Gasteiger partial charge is 0.269 e. The van der Waals surface area contributed by atoms with Crippen LogP contribution in [-0.2, 0) is 11.2 Å². The van der Waals surface area contributed by atoms with Crippen LogP contribution in [0.15, 0.2) is 29.6 Å². The zero-order chi connectivity index (χ0) is 15.9. The quantitative estimate of drug-likeness (QED) is 0.151. The lowest BCUT2D eigenvalue weighted by molar-refractivity contribution is -0.115. The maximum Gasteiger partial charge on any atom is 0.269 e. The molecule has 1 aromatic heterocycles. The Hall–Kier alpha value is -1.89. The molecule has 0 unspecified atom stereocenters. The second-order valence-corrected chi connectivity index (χ2v) is 5.72. The highest BCUT2D eigenvalue weighted by atomic mass is 32.1. The number of fused-ring (bicyclic) bond motifs is 1. The zero-order valence-electron chi connectivity index (χ0n) is 12.6. The Morgan fingerprint density at radius 2 is 2.23 bits per heavy atom. The average molecular weight is 317 g/mol. The summed E-state index contributed by atoms with van der Waals surface area (Å²) in [5, 5.41) is 16.1. The monoisotopic (exact) mass is 317 g/mol. The first-order valence-electron chi connectivity index (χ1n) is 7.32. The van der Waals surface area contributed by atoms with Crippen LogP contribution in [0.2, 0.25) is 0 Å². The molecule has 22 heavy (non-hydrogen) atoms. The molecule has 2 aromatic rings. The predicted octanol–water partition coefficient (Wildman–Crippen LogP) is 0.625. The minimum atomic E-state index is -0.330. The van der Waals surface area contributed by atoms with Gasteiger partial charge < -0.3 is 15.5 Å². The molecule has 2 rings (SSSR count). The lowest BCUT2D eigenvalue weighted by Gasteiger charge is -2.06. The highest BCUT2D eigenvalue weighted by Gasteiger charge is 2.15. The third-order valence-corrected chi connectivity index (χ3v) is 3.85. The number of thiol groups is 1. The van der Waals surface area contributed by atoms with Crippen molar-refractivity contribution in [1.29, 1.82) is 0 Å². The van der Waals surface area contributed by atoms with Crippen LogP contribution >= 0.6 is 12.6 Å². The largest absolute Gasteiger partial charge is 0.410 e. The average Bonchev–Trinajstić information content (AvgIpc) is 2.91. The third-order valence-electron chi connectivity index (χ3n) is 3.53. The van der Waals surface area contributed by atoms with Gasteiger partial charge in [-0.05, 0) is 30.2 Å². The van der Waals surface area contributed by atoms with Crippen molar-refractivity contribution in [3.05, 3.63) is 30.0 Å². The minimum absolute atomic E-state index is 0.119.